The number of pyridine rings is 2. The number of hydrogen-bond acceptors (Lipinski definition) is 8. The average Bonchev–Trinajstić information content (AvgIpc) is 2.73. The van der Waals surface area contributed by atoms with E-state index in [0.29, 0.717) is 42.8 Å². The van der Waals surface area contributed by atoms with Gasteiger partial charge in [0.25, 0.3) is 0 Å². The molecular formula is C22H23ClN6O2. The van der Waals surface area contributed by atoms with E-state index >= 15 is 0 Å². The summed E-state index contributed by atoms with van der Waals surface area (Å²) in [6, 6.07) is 8.20. The van der Waals surface area contributed by atoms with Gasteiger partial charge in [-0.2, -0.15) is 10.5 Å². The van der Waals surface area contributed by atoms with Crippen molar-refractivity contribution in [3.8, 4) is 18.0 Å². The predicted octanol–water partition coefficient (Wildman–Crippen LogP) is 2.83. The summed E-state index contributed by atoms with van der Waals surface area (Å²) in [6.07, 6.45) is 0.693. The first-order valence-electron chi connectivity index (χ1n) is 10.2. The van der Waals surface area contributed by atoms with E-state index in [4.69, 9.17) is 26.3 Å². The molecule has 0 saturated carbocycles. The second kappa shape index (κ2) is 9.49. The van der Waals surface area contributed by atoms with Crippen molar-refractivity contribution in [1.29, 1.82) is 10.5 Å². The molecule has 2 aliphatic rings. The van der Waals surface area contributed by atoms with E-state index in [-0.39, 0.29) is 11.7 Å². The summed E-state index contributed by atoms with van der Waals surface area (Å²) in [4.78, 5) is 11.2. The number of anilines is 1. The summed E-state index contributed by atoms with van der Waals surface area (Å²) in [6.45, 7) is 6.38. The van der Waals surface area contributed by atoms with E-state index in [1.54, 1.807) is 0 Å². The molecule has 1 N–H and O–H groups in total. The fourth-order valence-electron chi connectivity index (χ4n) is 3.82. The molecule has 8 nitrogen and oxygen atoms in total. The minimum absolute atomic E-state index is 0.124. The SMILES string of the molecule is Cc1nc(OCC2COC2)ccc1CN1CCc2c(C#N)c(Cl)nc(NCC#N)c2C1. The van der Waals surface area contributed by atoms with E-state index < -0.39 is 0 Å². The average molecular weight is 439 g/mol. The monoisotopic (exact) mass is 438 g/mol. The molecule has 0 aliphatic carbocycles. The van der Waals surface area contributed by atoms with Crippen LogP contribution < -0.4 is 10.1 Å². The standard InChI is InChI=1S/C22H23ClN6O2/c1-14-16(2-3-20(27-14)31-13-15-11-30-12-15)9-29-7-4-17-18(8-25)21(23)28-22(19(17)10-29)26-6-5-24/h2-3,15H,4,6-7,9-13H2,1H3,(H,26,28). The van der Waals surface area contributed by atoms with Crippen molar-refractivity contribution in [2.45, 2.75) is 26.4 Å². The fraction of sp³-hybridized carbons (Fsp3) is 0.455. The van der Waals surface area contributed by atoms with Crippen LogP contribution in [0.5, 0.6) is 5.88 Å². The Labute approximate surface area is 186 Å². The molecular weight excluding hydrogens is 416 g/mol. The van der Waals surface area contributed by atoms with Crippen molar-refractivity contribution >= 4 is 17.4 Å². The van der Waals surface area contributed by atoms with Gasteiger partial charge in [-0.3, -0.25) is 4.90 Å². The van der Waals surface area contributed by atoms with Gasteiger partial charge in [-0.1, -0.05) is 17.7 Å². The van der Waals surface area contributed by atoms with Crippen LogP contribution in [0.4, 0.5) is 5.82 Å². The zero-order valence-corrected chi connectivity index (χ0v) is 18.1. The molecule has 0 unspecified atom stereocenters. The zero-order chi connectivity index (χ0) is 21.8. The van der Waals surface area contributed by atoms with Gasteiger partial charge in [0, 0.05) is 42.9 Å². The van der Waals surface area contributed by atoms with Crippen LogP contribution in [-0.4, -0.2) is 47.8 Å². The Bertz CT molecular complexity index is 1060. The van der Waals surface area contributed by atoms with Crippen LogP contribution in [0.15, 0.2) is 12.1 Å². The van der Waals surface area contributed by atoms with Crippen molar-refractivity contribution < 1.29 is 9.47 Å². The first kappa shape index (κ1) is 21.3. The molecule has 0 amide bonds. The lowest BCUT2D eigenvalue weighted by Gasteiger charge is -2.31. The maximum absolute atomic E-state index is 9.51. The van der Waals surface area contributed by atoms with Crippen LogP contribution in [0, 0.1) is 35.5 Å². The van der Waals surface area contributed by atoms with Gasteiger partial charge in [0.15, 0.2) is 0 Å². The fourth-order valence-corrected chi connectivity index (χ4v) is 4.06. The third kappa shape index (κ3) is 4.72. The Balaban J connectivity index is 1.48. The lowest BCUT2D eigenvalue weighted by atomic mass is 9.96. The summed E-state index contributed by atoms with van der Waals surface area (Å²) >= 11 is 6.21. The number of nitrogens with one attached hydrogen (secondary N) is 1. The topological polar surface area (TPSA) is 107 Å². The minimum atomic E-state index is 0.124. The maximum Gasteiger partial charge on any atom is 0.213 e. The van der Waals surface area contributed by atoms with Crippen LogP contribution in [-0.2, 0) is 24.2 Å². The number of aromatic nitrogens is 2. The van der Waals surface area contributed by atoms with Crippen LogP contribution in [0.1, 0.15) is 27.9 Å². The van der Waals surface area contributed by atoms with Crippen LogP contribution >= 0.6 is 11.6 Å². The molecule has 160 valence electrons. The van der Waals surface area contributed by atoms with Crippen molar-refractivity contribution in [3.63, 3.8) is 0 Å². The van der Waals surface area contributed by atoms with Crippen LogP contribution in [0.25, 0.3) is 0 Å². The van der Waals surface area contributed by atoms with E-state index in [2.05, 4.69) is 38.4 Å². The molecule has 31 heavy (non-hydrogen) atoms. The highest BCUT2D eigenvalue weighted by Gasteiger charge is 2.26. The van der Waals surface area contributed by atoms with Gasteiger partial charge in [0.05, 0.1) is 31.5 Å². The van der Waals surface area contributed by atoms with Crippen molar-refractivity contribution in [2.75, 3.05) is 38.2 Å². The van der Waals surface area contributed by atoms with Gasteiger partial charge in [-0.25, -0.2) is 9.97 Å². The lowest BCUT2D eigenvalue weighted by molar-refractivity contribution is -0.0514. The number of ether oxygens (including phenoxy) is 2. The largest absolute Gasteiger partial charge is 0.477 e. The second-order valence-corrected chi connectivity index (χ2v) is 8.13. The highest BCUT2D eigenvalue weighted by Crippen LogP contribution is 2.32. The van der Waals surface area contributed by atoms with Gasteiger partial charge in [-0.15, -0.1) is 0 Å². The Morgan fingerprint density at radius 2 is 2.13 bits per heavy atom. The summed E-state index contributed by atoms with van der Waals surface area (Å²) in [5.74, 6) is 1.67. The molecule has 2 aliphatic heterocycles. The number of hydrogen-bond donors (Lipinski definition) is 1. The first-order chi connectivity index (χ1) is 15.1. The van der Waals surface area contributed by atoms with Crippen molar-refractivity contribution in [2.24, 2.45) is 5.92 Å². The molecule has 1 saturated heterocycles. The molecule has 2 aromatic heterocycles. The number of rotatable bonds is 7. The second-order valence-electron chi connectivity index (χ2n) is 7.78. The molecule has 9 heteroatoms. The molecule has 1 fully saturated rings. The summed E-state index contributed by atoms with van der Waals surface area (Å²) in [7, 11) is 0. The van der Waals surface area contributed by atoms with Gasteiger partial charge < -0.3 is 14.8 Å². The number of halogens is 1. The Morgan fingerprint density at radius 1 is 1.29 bits per heavy atom. The van der Waals surface area contributed by atoms with Crippen molar-refractivity contribution in [1.82, 2.24) is 14.9 Å². The Kier molecular flexibility index (Phi) is 6.53. The molecule has 0 bridgehead atoms. The lowest BCUT2D eigenvalue weighted by Crippen LogP contribution is -2.33. The molecule has 0 atom stereocenters. The van der Waals surface area contributed by atoms with Crippen LogP contribution in [0.3, 0.4) is 0 Å². The number of nitriles is 2. The molecule has 0 spiro atoms. The highest BCUT2D eigenvalue weighted by molar-refractivity contribution is 6.30. The van der Waals surface area contributed by atoms with Crippen molar-refractivity contribution in [3.05, 3.63) is 45.2 Å². The summed E-state index contributed by atoms with van der Waals surface area (Å²) in [5.41, 5.74) is 4.32. The van der Waals surface area contributed by atoms with E-state index in [0.717, 1.165) is 48.7 Å². The molecule has 0 aromatic carbocycles. The molecule has 2 aromatic rings. The highest BCUT2D eigenvalue weighted by atomic mass is 35.5. The molecule has 4 rings (SSSR count). The maximum atomic E-state index is 9.51. The minimum Gasteiger partial charge on any atom is -0.477 e. The normalized spacial score (nSPS) is 16.0. The van der Waals surface area contributed by atoms with Gasteiger partial charge in [0.1, 0.15) is 23.6 Å². The number of fused-ring (bicyclic) bond motifs is 1. The van der Waals surface area contributed by atoms with Gasteiger partial charge >= 0.3 is 0 Å². The van der Waals surface area contributed by atoms with E-state index in [1.165, 1.54) is 0 Å². The third-order valence-electron chi connectivity index (χ3n) is 5.61. The first-order valence-corrected chi connectivity index (χ1v) is 10.6. The number of nitrogens with zero attached hydrogens (tertiary/aromatic N) is 5. The molecule has 4 heterocycles. The summed E-state index contributed by atoms with van der Waals surface area (Å²) in [5, 5.41) is 21.6. The smallest absolute Gasteiger partial charge is 0.213 e. The quantitative estimate of drug-likeness (QED) is 0.519. The summed E-state index contributed by atoms with van der Waals surface area (Å²) < 4.78 is 11.0. The number of aryl methyl sites for hydroxylation is 1. The van der Waals surface area contributed by atoms with Gasteiger partial charge in [-0.05, 0) is 24.5 Å². The Hall–Kier alpha value is -2.91. The molecule has 0 radical (unpaired) electrons. The van der Waals surface area contributed by atoms with Crippen LogP contribution in [0.2, 0.25) is 5.15 Å². The third-order valence-corrected chi connectivity index (χ3v) is 5.89. The van der Waals surface area contributed by atoms with E-state index in [1.807, 2.05) is 13.0 Å². The van der Waals surface area contributed by atoms with Gasteiger partial charge in [0.2, 0.25) is 5.88 Å². The Morgan fingerprint density at radius 3 is 2.81 bits per heavy atom. The predicted molar refractivity (Wildman–Crippen MR) is 115 cm³/mol. The zero-order valence-electron chi connectivity index (χ0n) is 17.3. The van der Waals surface area contributed by atoms with E-state index in [9.17, 15) is 5.26 Å².